The lowest BCUT2D eigenvalue weighted by molar-refractivity contribution is 1.15. The van der Waals surface area contributed by atoms with Crippen LogP contribution in [0.15, 0.2) is 6.08 Å². The number of aryl methyl sites for hydroxylation is 2. The highest BCUT2D eigenvalue weighted by molar-refractivity contribution is 7.11. The number of rotatable bonds is 2. The fourth-order valence-electron chi connectivity index (χ4n) is 1.03. The van der Waals surface area contributed by atoms with Gasteiger partial charge in [0.1, 0.15) is 0 Å². The number of thiazole rings is 1. The molecule has 0 saturated carbocycles. The number of aromatic nitrogens is 1. The summed E-state index contributed by atoms with van der Waals surface area (Å²) in [6.45, 7) is 18.2. The van der Waals surface area contributed by atoms with Crippen molar-refractivity contribution in [1.29, 1.82) is 0 Å². The second kappa shape index (κ2) is 17.8. The topological polar surface area (TPSA) is 12.9 Å². The monoisotopic (exact) mass is 257 g/mol. The molecule has 1 aromatic rings. The van der Waals surface area contributed by atoms with Gasteiger partial charge >= 0.3 is 0 Å². The molecule has 1 heterocycles. The Balaban J connectivity index is -0.000000285. The molecular formula is C15H31NS. The molecule has 0 radical (unpaired) electrons. The zero-order valence-corrected chi connectivity index (χ0v) is 14.0. The second-order valence-electron chi connectivity index (χ2n) is 2.39. The number of hydrogen-bond donors (Lipinski definition) is 0. The minimum Gasteiger partial charge on any atom is -0.242 e. The summed E-state index contributed by atoms with van der Waals surface area (Å²) in [5, 5.41) is 1.16. The van der Waals surface area contributed by atoms with Crippen molar-refractivity contribution >= 4 is 17.4 Å². The van der Waals surface area contributed by atoms with E-state index in [-0.39, 0.29) is 0 Å². The van der Waals surface area contributed by atoms with Crippen molar-refractivity contribution in [3.63, 3.8) is 0 Å². The largest absolute Gasteiger partial charge is 0.242 e. The van der Waals surface area contributed by atoms with Gasteiger partial charge in [0.05, 0.1) is 10.7 Å². The summed E-state index contributed by atoms with van der Waals surface area (Å²) in [5.74, 6) is 0. The quantitative estimate of drug-likeness (QED) is 0.621. The van der Waals surface area contributed by atoms with E-state index in [1.54, 1.807) is 11.3 Å². The standard InChI is InChI=1S/C9H13NS.3C2H6/c1-4-6-8-9(5-2)11-7(3)10-8;3*1-2/h4,6H,5H2,1-3H3;3*1-2H3/b6-4-;;;. The Morgan fingerprint density at radius 3 is 1.88 bits per heavy atom. The first-order chi connectivity index (χ1) is 8.27. The van der Waals surface area contributed by atoms with Crippen LogP contribution < -0.4 is 0 Å². The molecule has 0 atom stereocenters. The maximum atomic E-state index is 4.40. The third kappa shape index (κ3) is 10.3. The maximum absolute atomic E-state index is 4.40. The van der Waals surface area contributed by atoms with Crippen molar-refractivity contribution in [1.82, 2.24) is 4.98 Å². The van der Waals surface area contributed by atoms with Gasteiger partial charge in [-0.15, -0.1) is 11.3 Å². The van der Waals surface area contributed by atoms with Gasteiger partial charge in [0, 0.05) is 4.88 Å². The lowest BCUT2D eigenvalue weighted by atomic mass is 10.3. The van der Waals surface area contributed by atoms with Gasteiger partial charge in [-0.05, 0) is 26.3 Å². The maximum Gasteiger partial charge on any atom is 0.0904 e. The van der Waals surface area contributed by atoms with Crippen molar-refractivity contribution < 1.29 is 0 Å². The van der Waals surface area contributed by atoms with Crippen LogP contribution in [0.2, 0.25) is 0 Å². The van der Waals surface area contributed by atoms with Gasteiger partial charge in [-0.25, -0.2) is 4.98 Å². The molecule has 0 aliphatic heterocycles. The van der Waals surface area contributed by atoms with Gasteiger partial charge in [-0.2, -0.15) is 0 Å². The van der Waals surface area contributed by atoms with E-state index in [4.69, 9.17) is 0 Å². The van der Waals surface area contributed by atoms with Crippen molar-refractivity contribution in [2.75, 3.05) is 0 Å². The molecule has 0 spiro atoms. The lowest BCUT2D eigenvalue weighted by Crippen LogP contribution is -1.78. The zero-order valence-electron chi connectivity index (χ0n) is 13.2. The van der Waals surface area contributed by atoms with E-state index in [0.717, 1.165) is 17.1 Å². The summed E-state index contributed by atoms with van der Waals surface area (Å²) in [6, 6.07) is 0. The highest BCUT2D eigenvalue weighted by atomic mass is 32.1. The molecule has 0 N–H and O–H groups in total. The number of hydrogen-bond acceptors (Lipinski definition) is 2. The minimum atomic E-state index is 1.09. The molecule has 0 saturated heterocycles. The van der Waals surface area contributed by atoms with Gasteiger partial charge in [0.2, 0.25) is 0 Å². The summed E-state index contributed by atoms with van der Waals surface area (Å²) in [7, 11) is 0. The highest BCUT2D eigenvalue weighted by Crippen LogP contribution is 2.19. The van der Waals surface area contributed by atoms with Crippen LogP contribution in [0.25, 0.3) is 6.08 Å². The van der Waals surface area contributed by atoms with Crippen molar-refractivity contribution in [3.05, 3.63) is 21.7 Å². The fourth-order valence-corrected chi connectivity index (χ4v) is 1.89. The average molecular weight is 257 g/mol. The summed E-state index contributed by atoms with van der Waals surface area (Å²) < 4.78 is 0. The first-order valence-electron chi connectivity index (χ1n) is 6.87. The molecule has 1 aromatic heterocycles. The molecule has 0 aromatic carbocycles. The van der Waals surface area contributed by atoms with Crippen LogP contribution >= 0.6 is 11.3 Å². The average Bonchev–Trinajstić information content (AvgIpc) is 2.77. The summed E-state index contributed by atoms with van der Waals surface area (Å²) in [5.41, 5.74) is 1.15. The molecule has 17 heavy (non-hydrogen) atoms. The van der Waals surface area contributed by atoms with Crippen LogP contribution in [0.3, 0.4) is 0 Å². The van der Waals surface area contributed by atoms with E-state index in [2.05, 4.69) is 24.9 Å². The first-order valence-corrected chi connectivity index (χ1v) is 7.68. The Hall–Kier alpha value is -0.630. The minimum absolute atomic E-state index is 1.09. The van der Waals surface area contributed by atoms with Crippen LogP contribution in [0.1, 0.15) is 71.0 Å². The SMILES string of the molecule is C/C=C\c1nc(C)sc1CC.CC.CC.CC. The van der Waals surface area contributed by atoms with E-state index in [1.807, 2.05) is 54.5 Å². The van der Waals surface area contributed by atoms with Crippen LogP contribution in [0, 0.1) is 6.92 Å². The van der Waals surface area contributed by atoms with E-state index >= 15 is 0 Å². The van der Waals surface area contributed by atoms with Gasteiger partial charge in [0.15, 0.2) is 0 Å². The molecule has 0 aliphatic rings. The Morgan fingerprint density at radius 2 is 1.53 bits per heavy atom. The zero-order chi connectivity index (χ0) is 14.3. The predicted molar refractivity (Wildman–Crippen MR) is 85.0 cm³/mol. The van der Waals surface area contributed by atoms with Crippen molar-refractivity contribution in [3.8, 4) is 0 Å². The van der Waals surface area contributed by atoms with Crippen molar-refractivity contribution in [2.24, 2.45) is 0 Å². The second-order valence-corrected chi connectivity index (χ2v) is 3.68. The Bertz CT molecular complexity index is 262. The lowest BCUT2D eigenvalue weighted by Gasteiger charge is -1.88. The van der Waals surface area contributed by atoms with Gasteiger partial charge in [0.25, 0.3) is 0 Å². The molecule has 0 bridgehead atoms. The van der Waals surface area contributed by atoms with E-state index < -0.39 is 0 Å². The molecule has 2 heteroatoms. The highest BCUT2D eigenvalue weighted by Gasteiger charge is 2.02. The summed E-state index contributed by atoms with van der Waals surface area (Å²) in [6.07, 6.45) is 5.20. The molecule has 0 aliphatic carbocycles. The van der Waals surface area contributed by atoms with Crippen LogP contribution in [0.4, 0.5) is 0 Å². The van der Waals surface area contributed by atoms with Crippen molar-refractivity contribution in [2.45, 2.75) is 68.7 Å². The van der Waals surface area contributed by atoms with E-state index in [0.29, 0.717) is 0 Å². The Kier molecular flexibility index (Phi) is 22.6. The molecule has 0 fully saturated rings. The van der Waals surface area contributed by atoms with Gasteiger partial charge < -0.3 is 0 Å². The number of nitrogens with zero attached hydrogens (tertiary/aromatic N) is 1. The molecule has 1 nitrogen and oxygen atoms in total. The van der Waals surface area contributed by atoms with Crippen LogP contribution in [0.5, 0.6) is 0 Å². The van der Waals surface area contributed by atoms with Gasteiger partial charge in [-0.1, -0.05) is 54.5 Å². The Labute approximate surface area is 113 Å². The Morgan fingerprint density at radius 1 is 1.06 bits per heavy atom. The fraction of sp³-hybridized carbons (Fsp3) is 0.667. The predicted octanol–water partition coefficient (Wildman–Crippen LogP) is 6.13. The molecule has 0 amide bonds. The third-order valence-electron chi connectivity index (χ3n) is 1.48. The smallest absolute Gasteiger partial charge is 0.0904 e. The molecule has 1 rings (SSSR count). The van der Waals surface area contributed by atoms with E-state index in [1.165, 1.54) is 4.88 Å². The number of allylic oxidation sites excluding steroid dienone is 1. The molecular weight excluding hydrogens is 226 g/mol. The first kappa shape index (κ1) is 21.6. The summed E-state index contributed by atoms with van der Waals surface area (Å²) >= 11 is 1.79. The third-order valence-corrected chi connectivity index (χ3v) is 2.61. The molecule has 0 unspecified atom stereocenters. The van der Waals surface area contributed by atoms with E-state index in [9.17, 15) is 0 Å². The van der Waals surface area contributed by atoms with Crippen LogP contribution in [-0.4, -0.2) is 4.98 Å². The van der Waals surface area contributed by atoms with Crippen LogP contribution in [-0.2, 0) is 6.42 Å². The summed E-state index contributed by atoms with van der Waals surface area (Å²) in [4.78, 5) is 5.79. The normalized spacial score (nSPS) is 8.29. The molecule has 102 valence electrons. The van der Waals surface area contributed by atoms with Gasteiger partial charge in [-0.3, -0.25) is 0 Å².